The van der Waals surface area contributed by atoms with Crippen LogP contribution in [0.15, 0.2) is 60.5 Å². The smallest absolute Gasteiger partial charge is 0.224 e. The Morgan fingerprint density at radius 3 is 2.27 bits per heavy atom. The van der Waals surface area contributed by atoms with Crippen LogP contribution in [0.5, 0.6) is 11.6 Å². The Bertz CT molecular complexity index is 1310. The van der Waals surface area contributed by atoms with Gasteiger partial charge in [0, 0.05) is 54.3 Å². The van der Waals surface area contributed by atoms with E-state index in [4.69, 9.17) is 4.74 Å². The van der Waals surface area contributed by atoms with Crippen LogP contribution in [-0.2, 0) is 24.9 Å². The number of aliphatic hydroxyl groups is 1. The summed E-state index contributed by atoms with van der Waals surface area (Å²) in [6.07, 6.45) is 10.2. The second-order valence-electron chi connectivity index (χ2n) is 12.7. The number of ketones is 1. The van der Waals surface area contributed by atoms with Gasteiger partial charge in [-0.2, -0.15) is 18.2 Å². The van der Waals surface area contributed by atoms with Gasteiger partial charge >= 0.3 is 0 Å². The van der Waals surface area contributed by atoms with Gasteiger partial charge in [0.25, 0.3) is 0 Å². The summed E-state index contributed by atoms with van der Waals surface area (Å²) >= 11 is 0. The minimum absolute atomic E-state index is 0. The van der Waals surface area contributed by atoms with Crippen LogP contribution in [-0.4, -0.2) is 15.9 Å². The summed E-state index contributed by atoms with van der Waals surface area (Å²) in [5.74, 6) is 2.73. The van der Waals surface area contributed by atoms with E-state index in [1.807, 2.05) is 72.0 Å². The molecule has 4 rings (SSSR count). The Hall–Kier alpha value is -2.49. The maximum Gasteiger partial charge on any atom is 0.224 e. The van der Waals surface area contributed by atoms with Gasteiger partial charge < -0.3 is 9.84 Å². The summed E-state index contributed by atoms with van der Waals surface area (Å²) in [4.78, 5) is 16.5. The third kappa shape index (κ3) is 9.00. The Balaban J connectivity index is 0.000000320. The van der Waals surface area contributed by atoms with Crippen molar-refractivity contribution in [3.8, 4) is 11.6 Å². The maximum atomic E-state index is 11.8. The van der Waals surface area contributed by atoms with Crippen LogP contribution in [0.4, 0.5) is 0 Å². The summed E-state index contributed by atoms with van der Waals surface area (Å²) in [6, 6.07) is 17.5. The molecule has 1 aliphatic carbocycles. The first-order chi connectivity index (χ1) is 18.9. The van der Waals surface area contributed by atoms with Crippen molar-refractivity contribution in [2.24, 2.45) is 10.8 Å². The van der Waals surface area contributed by atoms with Crippen molar-refractivity contribution in [2.75, 3.05) is 0 Å². The van der Waals surface area contributed by atoms with E-state index in [1.54, 1.807) is 0 Å². The fraction of sp³-hybridized carbons (Fsp3) is 0.500. The number of benzene rings is 2. The molecule has 1 N–H and O–H groups in total. The molecule has 225 valence electrons. The first-order valence-electron chi connectivity index (χ1n) is 14.9. The molecule has 0 aliphatic heterocycles. The van der Waals surface area contributed by atoms with Crippen molar-refractivity contribution in [2.45, 2.75) is 106 Å². The molecule has 0 atom stereocenters. The summed E-state index contributed by atoms with van der Waals surface area (Å²) in [6.45, 7) is 16.1. The number of aliphatic hydroxyl groups excluding tert-OH is 1. The standard InChI is InChI=1S/C23H24NO.C13H24O2.Ir/c1-16(2)18-12-13-20-21(14-18)22(17-8-6-7-9-17)15-24-23(20)25-19-10-4-3-5-11-19;1-7-12(3,4)10(14)9-11(15)13(5,6)8-2;/h3-5,10,12-17H,6-9H2,1-2H3;9,14H,7-8H2,1-6H3;/q-1;;/b;10-9-;. The van der Waals surface area contributed by atoms with Gasteiger partial charge in [0.15, 0.2) is 5.78 Å². The first kappa shape index (κ1) is 34.7. The SMILES string of the molecule is CC(C)c1ccc2c(Oc3[c-]cccc3)ncc(C3CCCC3)c2c1.CCC(C)(C)C(=O)/C=C(\O)C(C)(C)CC.[Ir]. The summed E-state index contributed by atoms with van der Waals surface area (Å²) in [7, 11) is 0. The monoisotopic (exact) mass is 735 g/mol. The summed E-state index contributed by atoms with van der Waals surface area (Å²) in [5, 5.41) is 12.3. The normalized spacial score (nSPS) is 14.4. The topological polar surface area (TPSA) is 59.4 Å². The molecule has 41 heavy (non-hydrogen) atoms. The molecular formula is C36H48IrNO3-. The minimum atomic E-state index is -0.377. The van der Waals surface area contributed by atoms with E-state index in [0.29, 0.717) is 23.5 Å². The molecule has 1 aliphatic rings. The van der Waals surface area contributed by atoms with Crippen molar-refractivity contribution in [3.63, 3.8) is 0 Å². The molecule has 1 radical (unpaired) electrons. The van der Waals surface area contributed by atoms with E-state index in [1.165, 1.54) is 48.3 Å². The second kappa shape index (κ2) is 15.1. The molecule has 1 heterocycles. The Labute approximate surface area is 261 Å². The number of carbonyl (C=O) groups excluding carboxylic acids is 1. The molecule has 1 saturated carbocycles. The van der Waals surface area contributed by atoms with Crippen molar-refractivity contribution in [3.05, 3.63) is 77.7 Å². The maximum absolute atomic E-state index is 11.8. The summed E-state index contributed by atoms with van der Waals surface area (Å²) in [5.41, 5.74) is 2.08. The number of para-hydroxylation sites is 1. The molecule has 0 amide bonds. The van der Waals surface area contributed by atoms with Gasteiger partial charge in [-0.3, -0.25) is 4.79 Å². The van der Waals surface area contributed by atoms with E-state index in [9.17, 15) is 9.90 Å². The van der Waals surface area contributed by atoms with Gasteiger partial charge in [0.2, 0.25) is 5.88 Å². The number of aromatic nitrogens is 1. The molecule has 5 heteroatoms. The van der Waals surface area contributed by atoms with Crippen LogP contribution in [0, 0.1) is 16.9 Å². The van der Waals surface area contributed by atoms with E-state index in [2.05, 4.69) is 43.1 Å². The predicted octanol–water partition coefficient (Wildman–Crippen LogP) is 10.5. The zero-order valence-electron chi connectivity index (χ0n) is 26.1. The molecule has 0 saturated heterocycles. The number of carbonyl (C=O) groups is 1. The van der Waals surface area contributed by atoms with Crippen LogP contribution in [0.2, 0.25) is 0 Å². The third-order valence-electron chi connectivity index (χ3n) is 8.65. The molecule has 0 spiro atoms. The number of allylic oxidation sites excluding steroid dienone is 2. The molecular weight excluding hydrogens is 687 g/mol. The van der Waals surface area contributed by atoms with Crippen LogP contribution >= 0.6 is 0 Å². The molecule has 2 aromatic carbocycles. The van der Waals surface area contributed by atoms with Crippen molar-refractivity contribution < 1.29 is 34.7 Å². The summed E-state index contributed by atoms with van der Waals surface area (Å²) < 4.78 is 6.04. The van der Waals surface area contributed by atoms with E-state index >= 15 is 0 Å². The average Bonchev–Trinajstić information content (AvgIpc) is 3.48. The van der Waals surface area contributed by atoms with E-state index < -0.39 is 0 Å². The zero-order chi connectivity index (χ0) is 29.5. The number of hydrogen-bond acceptors (Lipinski definition) is 4. The Morgan fingerprint density at radius 2 is 1.71 bits per heavy atom. The second-order valence-corrected chi connectivity index (χ2v) is 12.7. The minimum Gasteiger partial charge on any atom is -0.512 e. The van der Waals surface area contributed by atoms with Crippen molar-refractivity contribution >= 4 is 16.6 Å². The van der Waals surface area contributed by atoms with Gasteiger partial charge in [-0.15, -0.1) is 12.1 Å². The average molecular weight is 735 g/mol. The van der Waals surface area contributed by atoms with Crippen molar-refractivity contribution in [1.29, 1.82) is 0 Å². The first-order valence-corrected chi connectivity index (χ1v) is 14.9. The van der Waals surface area contributed by atoms with Gasteiger partial charge in [-0.05, 0) is 60.1 Å². The van der Waals surface area contributed by atoms with Crippen LogP contribution in [0.25, 0.3) is 10.8 Å². The van der Waals surface area contributed by atoms with Gasteiger partial charge in [-0.1, -0.05) is 80.4 Å². The largest absolute Gasteiger partial charge is 0.512 e. The number of ether oxygens (including phenoxy) is 1. The van der Waals surface area contributed by atoms with Gasteiger partial charge in [-0.25, -0.2) is 4.98 Å². The molecule has 0 bridgehead atoms. The number of pyridine rings is 1. The third-order valence-corrected chi connectivity index (χ3v) is 8.65. The Kier molecular flexibility index (Phi) is 12.8. The van der Waals surface area contributed by atoms with Crippen LogP contribution in [0.1, 0.15) is 117 Å². The molecule has 3 aromatic rings. The zero-order valence-corrected chi connectivity index (χ0v) is 28.5. The number of hydrogen-bond donors (Lipinski definition) is 1. The Morgan fingerprint density at radius 1 is 1.05 bits per heavy atom. The van der Waals surface area contributed by atoms with Gasteiger partial charge in [0.05, 0.1) is 0 Å². The predicted molar refractivity (Wildman–Crippen MR) is 166 cm³/mol. The molecule has 4 nitrogen and oxygen atoms in total. The quantitative estimate of drug-likeness (QED) is 0.135. The number of rotatable bonds is 9. The van der Waals surface area contributed by atoms with Crippen LogP contribution < -0.4 is 4.74 Å². The van der Waals surface area contributed by atoms with Crippen molar-refractivity contribution in [1.82, 2.24) is 4.98 Å². The number of fused-ring (bicyclic) bond motifs is 1. The molecule has 1 aromatic heterocycles. The number of nitrogens with zero attached hydrogens (tertiary/aromatic N) is 1. The molecule has 0 unspecified atom stereocenters. The fourth-order valence-corrected chi connectivity index (χ4v) is 4.67. The fourth-order valence-electron chi connectivity index (χ4n) is 4.67. The van der Waals surface area contributed by atoms with E-state index in [-0.39, 0.29) is 42.5 Å². The van der Waals surface area contributed by atoms with E-state index in [0.717, 1.165) is 18.2 Å². The van der Waals surface area contributed by atoms with Gasteiger partial charge in [0.1, 0.15) is 5.76 Å². The van der Waals surface area contributed by atoms with Crippen LogP contribution in [0.3, 0.4) is 0 Å². The molecule has 1 fully saturated rings.